The van der Waals surface area contributed by atoms with Crippen LogP contribution in [0.1, 0.15) is 13.3 Å². The number of aliphatic imine (C=N–C) groups is 1. The number of nitrogens with zero attached hydrogens (tertiary/aromatic N) is 2. The number of hydrogen-bond acceptors (Lipinski definition) is 4. The molecule has 6 heteroatoms. The number of guanidine groups is 1. The van der Waals surface area contributed by atoms with Crippen molar-refractivity contribution in [1.29, 1.82) is 0 Å². The van der Waals surface area contributed by atoms with Gasteiger partial charge in [0.2, 0.25) is 5.96 Å². The summed E-state index contributed by atoms with van der Waals surface area (Å²) in [7, 11) is 1.98. The fourth-order valence-corrected chi connectivity index (χ4v) is 1.56. The van der Waals surface area contributed by atoms with Crippen LogP contribution in [-0.4, -0.2) is 56.2 Å². The Morgan fingerprint density at radius 1 is 1.56 bits per heavy atom. The van der Waals surface area contributed by atoms with Crippen LogP contribution >= 0.6 is 11.8 Å². The molecule has 0 heterocycles. The maximum atomic E-state index is 5.43. The highest BCUT2D eigenvalue weighted by Crippen LogP contribution is 1.94. The van der Waals surface area contributed by atoms with E-state index in [0.29, 0.717) is 0 Å². The van der Waals surface area contributed by atoms with E-state index in [0.717, 1.165) is 44.4 Å². The molecule has 5 nitrogen and oxygen atoms in total. The zero-order valence-electron chi connectivity index (χ0n) is 10.5. The normalized spacial score (nSPS) is 11.6. The lowest BCUT2D eigenvalue weighted by Gasteiger charge is -2.19. The van der Waals surface area contributed by atoms with E-state index in [-0.39, 0.29) is 0 Å². The van der Waals surface area contributed by atoms with Crippen LogP contribution in [0.25, 0.3) is 0 Å². The molecule has 0 aliphatic carbocycles. The molecule has 0 fully saturated rings. The molecular weight excluding hydrogens is 224 g/mol. The Hall–Kier alpha value is -0.460. The molecule has 0 unspecified atom stereocenters. The molecule has 0 rings (SSSR count). The molecule has 0 aromatic carbocycles. The molecule has 0 aliphatic rings. The summed E-state index contributed by atoms with van der Waals surface area (Å²) >= 11 is 1.81. The molecule has 0 spiro atoms. The van der Waals surface area contributed by atoms with Crippen molar-refractivity contribution < 1.29 is 4.74 Å². The van der Waals surface area contributed by atoms with Crippen molar-refractivity contribution in [2.24, 2.45) is 10.8 Å². The van der Waals surface area contributed by atoms with Crippen molar-refractivity contribution in [3.63, 3.8) is 0 Å². The molecule has 16 heavy (non-hydrogen) atoms. The fraction of sp³-hybridized carbons (Fsp3) is 0.900. The minimum Gasteiger partial charge on any atom is -0.382 e. The van der Waals surface area contributed by atoms with Crippen molar-refractivity contribution in [3.8, 4) is 0 Å². The highest BCUT2D eigenvalue weighted by molar-refractivity contribution is 7.98. The van der Waals surface area contributed by atoms with E-state index in [2.05, 4.69) is 16.7 Å². The number of nitrogens with one attached hydrogen (secondary N) is 1. The zero-order valence-corrected chi connectivity index (χ0v) is 11.3. The molecule has 0 atom stereocenters. The second-order valence-electron chi connectivity index (χ2n) is 3.31. The second kappa shape index (κ2) is 11.0. The van der Waals surface area contributed by atoms with Gasteiger partial charge in [-0.1, -0.05) is 0 Å². The molecule has 0 bridgehead atoms. The van der Waals surface area contributed by atoms with Gasteiger partial charge in [0.25, 0.3) is 0 Å². The molecule has 0 saturated heterocycles. The van der Waals surface area contributed by atoms with Gasteiger partial charge in [0, 0.05) is 39.1 Å². The second-order valence-corrected chi connectivity index (χ2v) is 4.30. The van der Waals surface area contributed by atoms with Crippen LogP contribution in [0, 0.1) is 0 Å². The quantitative estimate of drug-likeness (QED) is 0.216. The summed E-state index contributed by atoms with van der Waals surface area (Å²) in [5, 5.41) is 0. The molecule has 0 aromatic rings. The SMILES string of the molecule is CCOCCCN=C(NN)N(C)CCSC. The third-order valence-electron chi connectivity index (χ3n) is 2.03. The standard InChI is InChI=1S/C10H24N4OS/c1-4-15-8-5-6-12-10(13-11)14(2)7-9-16-3/h4-9,11H2,1-3H3,(H,12,13). The van der Waals surface area contributed by atoms with Crippen molar-refractivity contribution in [2.75, 3.05) is 45.4 Å². The van der Waals surface area contributed by atoms with Gasteiger partial charge in [-0.25, -0.2) is 5.84 Å². The lowest BCUT2D eigenvalue weighted by molar-refractivity contribution is 0.146. The van der Waals surface area contributed by atoms with E-state index in [4.69, 9.17) is 10.6 Å². The molecule has 0 radical (unpaired) electrons. The third-order valence-corrected chi connectivity index (χ3v) is 2.62. The molecule has 3 N–H and O–H groups in total. The zero-order chi connectivity index (χ0) is 12.2. The van der Waals surface area contributed by atoms with E-state index in [9.17, 15) is 0 Å². The van der Waals surface area contributed by atoms with Crippen LogP contribution in [0.4, 0.5) is 0 Å². The van der Waals surface area contributed by atoms with Gasteiger partial charge < -0.3 is 9.64 Å². The maximum absolute atomic E-state index is 5.43. The Labute approximate surface area is 103 Å². The van der Waals surface area contributed by atoms with Gasteiger partial charge in [-0.05, 0) is 19.6 Å². The smallest absolute Gasteiger partial charge is 0.208 e. The Balaban J connectivity index is 3.81. The fourth-order valence-electron chi connectivity index (χ4n) is 1.11. The van der Waals surface area contributed by atoms with Crippen molar-refractivity contribution >= 4 is 17.7 Å². The first-order valence-electron chi connectivity index (χ1n) is 5.55. The Kier molecular flexibility index (Phi) is 10.7. The van der Waals surface area contributed by atoms with Gasteiger partial charge in [0.05, 0.1) is 0 Å². The van der Waals surface area contributed by atoms with Gasteiger partial charge in [-0.2, -0.15) is 11.8 Å². The molecule has 96 valence electrons. The average Bonchev–Trinajstić information content (AvgIpc) is 2.31. The lowest BCUT2D eigenvalue weighted by Crippen LogP contribution is -2.43. The van der Waals surface area contributed by atoms with Gasteiger partial charge >= 0.3 is 0 Å². The van der Waals surface area contributed by atoms with Gasteiger partial charge in [-0.3, -0.25) is 10.4 Å². The predicted molar refractivity (Wildman–Crippen MR) is 71.7 cm³/mol. The number of hydrazine groups is 1. The summed E-state index contributed by atoms with van der Waals surface area (Å²) in [6.45, 7) is 5.19. The molecule has 0 aromatic heterocycles. The molecular formula is C10H24N4OS. The number of rotatable bonds is 8. The summed E-state index contributed by atoms with van der Waals surface area (Å²) in [5.41, 5.74) is 2.63. The van der Waals surface area contributed by atoms with E-state index in [1.807, 2.05) is 30.6 Å². The summed E-state index contributed by atoms with van der Waals surface area (Å²) in [6.07, 6.45) is 3.01. The number of nitrogens with two attached hydrogens (primary N) is 1. The number of hydrogen-bond donors (Lipinski definition) is 2. The van der Waals surface area contributed by atoms with E-state index in [1.165, 1.54) is 0 Å². The lowest BCUT2D eigenvalue weighted by atomic mass is 10.4. The predicted octanol–water partition coefficient (Wildman–Crippen LogP) is 0.527. The first-order valence-corrected chi connectivity index (χ1v) is 6.94. The van der Waals surface area contributed by atoms with E-state index in [1.54, 1.807) is 0 Å². The van der Waals surface area contributed by atoms with Crippen molar-refractivity contribution in [3.05, 3.63) is 0 Å². The Bertz CT molecular complexity index is 190. The van der Waals surface area contributed by atoms with Gasteiger partial charge in [0.15, 0.2) is 0 Å². The Morgan fingerprint density at radius 3 is 2.88 bits per heavy atom. The first-order chi connectivity index (χ1) is 7.76. The maximum Gasteiger partial charge on any atom is 0.208 e. The topological polar surface area (TPSA) is 62.9 Å². The molecule has 0 saturated carbocycles. The Morgan fingerprint density at radius 2 is 2.31 bits per heavy atom. The summed E-state index contributed by atoms with van der Waals surface area (Å²) in [4.78, 5) is 6.41. The largest absolute Gasteiger partial charge is 0.382 e. The highest BCUT2D eigenvalue weighted by Gasteiger charge is 2.02. The first kappa shape index (κ1) is 15.5. The molecule has 0 amide bonds. The van der Waals surface area contributed by atoms with Crippen LogP contribution in [0.15, 0.2) is 4.99 Å². The average molecular weight is 248 g/mol. The van der Waals surface area contributed by atoms with Crippen LogP contribution in [0.2, 0.25) is 0 Å². The van der Waals surface area contributed by atoms with Gasteiger partial charge in [-0.15, -0.1) is 0 Å². The summed E-state index contributed by atoms with van der Waals surface area (Å²) in [5.74, 6) is 7.23. The number of thioether (sulfide) groups is 1. The van der Waals surface area contributed by atoms with Gasteiger partial charge in [0.1, 0.15) is 0 Å². The summed E-state index contributed by atoms with van der Waals surface area (Å²) < 4.78 is 5.24. The van der Waals surface area contributed by atoms with Crippen molar-refractivity contribution in [1.82, 2.24) is 10.3 Å². The highest BCUT2D eigenvalue weighted by atomic mass is 32.2. The minimum absolute atomic E-state index is 0.739. The van der Waals surface area contributed by atoms with Crippen LogP contribution < -0.4 is 11.3 Å². The van der Waals surface area contributed by atoms with E-state index < -0.39 is 0 Å². The van der Waals surface area contributed by atoms with Crippen molar-refractivity contribution in [2.45, 2.75) is 13.3 Å². The van der Waals surface area contributed by atoms with E-state index >= 15 is 0 Å². The summed E-state index contributed by atoms with van der Waals surface area (Å²) in [6, 6.07) is 0. The monoisotopic (exact) mass is 248 g/mol. The van der Waals surface area contributed by atoms with Crippen LogP contribution in [0.5, 0.6) is 0 Å². The van der Waals surface area contributed by atoms with Crippen LogP contribution in [-0.2, 0) is 4.74 Å². The molecule has 0 aliphatic heterocycles. The van der Waals surface area contributed by atoms with Crippen LogP contribution in [0.3, 0.4) is 0 Å². The number of ether oxygens (including phenoxy) is 1. The third kappa shape index (κ3) is 7.78. The minimum atomic E-state index is 0.739.